The van der Waals surface area contributed by atoms with E-state index in [4.69, 9.17) is 5.26 Å². The van der Waals surface area contributed by atoms with Gasteiger partial charge in [-0.2, -0.15) is 18.4 Å². The normalized spacial score (nSPS) is 10.5. The summed E-state index contributed by atoms with van der Waals surface area (Å²) in [6.07, 6.45) is -6.04. The Bertz CT molecular complexity index is 582. The van der Waals surface area contributed by atoms with E-state index in [0.29, 0.717) is 5.69 Å². The van der Waals surface area contributed by atoms with Crippen LogP contribution in [0.15, 0.2) is 24.3 Å². The Labute approximate surface area is 123 Å². The minimum Gasteiger partial charge on any atom is -0.440 e. The molecule has 0 unspecified atom stereocenters. The summed E-state index contributed by atoms with van der Waals surface area (Å²) in [6.45, 7) is -1.89. The highest BCUT2D eigenvalue weighted by Gasteiger charge is 2.29. The molecule has 22 heavy (non-hydrogen) atoms. The Kier molecular flexibility index (Phi) is 6.19. The number of alkyl halides is 3. The van der Waals surface area contributed by atoms with E-state index in [1.807, 2.05) is 11.4 Å². The molecule has 0 aliphatic carbocycles. The van der Waals surface area contributed by atoms with Gasteiger partial charge >= 0.3 is 12.3 Å². The number of anilines is 1. The number of amides is 2. The first-order valence-electron chi connectivity index (χ1n) is 6.08. The van der Waals surface area contributed by atoms with E-state index in [-0.39, 0.29) is 18.5 Å². The second kappa shape index (κ2) is 7.87. The largest absolute Gasteiger partial charge is 0.440 e. The molecule has 118 valence electrons. The van der Waals surface area contributed by atoms with Gasteiger partial charge in [0, 0.05) is 13.0 Å². The van der Waals surface area contributed by atoms with E-state index < -0.39 is 24.8 Å². The van der Waals surface area contributed by atoms with Gasteiger partial charge in [0.05, 0.1) is 11.3 Å². The molecular formula is C13H12F3N3O3. The lowest BCUT2D eigenvalue weighted by atomic mass is 10.2. The van der Waals surface area contributed by atoms with Gasteiger partial charge < -0.3 is 15.4 Å². The third-order valence-electron chi connectivity index (χ3n) is 2.31. The first-order chi connectivity index (χ1) is 10.3. The molecule has 0 spiro atoms. The second-order valence-electron chi connectivity index (χ2n) is 4.07. The zero-order valence-corrected chi connectivity index (χ0v) is 11.2. The molecule has 6 nitrogen and oxygen atoms in total. The average molecular weight is 315 g/mol. The van der Waals surface area contributed by atoms with Gasteiger partial charge in [0.15, 0.2) is 6.61 Å². The Morgan fingerprint density at radius 1 is 1.27 bits per heavy atom. The highest BCUT2D eigenvalue weighted by molar-refractivity contribution is 5.92. The molecular weight excluding hydrogens is 303 g/mol. The number of nitriles is 1. The molecule has 0 atom stereocenters. The molecule has 0 saturated heterocycles. The molecule has 0 saturated carbocycles. The van der Waals surface area contributed by atoms with Crippen molar-refractivity contribution in [3.63, 3.8) is 0 Å². The van der Waals surface area contributed by atoms with Crippen molar-refractivity contribution < 1.29 is 27.5 Å². The Balaban J connectivity index is 2.32. The molecule has 2 amide bonds. The molecule has 0 aliphatic rings. The number of hydrogen-bond donors (Lipinski definition) is 2. The molecule has 1 aromatic rings. The van der Waals surface area contributed by atoms with Gasteiger partial charge in [0.1, 0.15) is 6.07 Å². The zero-order chi connectivity index (χ0) is 16.6. The maximum absolute atomic E-state index is 11.8. The fourth-order valence-electron chi connectivity index (χ4n) is 1.38. The van der Waals surface area contributed by atoms with E-state index >= 15 is 0 Å². The number of nitrogens with zero attached hydrogens (tertiary/aromatic N) is 1. The Morgan fingerprint density at radius 3 is 2.59 bits per heavy atom. The smallest absolute Gasteiger partial charge is 0.422 e. The van der Waals surface area contributed by atoms with E-state index in [0.717, 1.165) is 0 Å². The van der Waals surface area contributed by atoms with Crippen molar-refractivity contribution in [2.45, 2.75) is 12.6 Å². The van der Waals surface area contributed by atoms with Crippen molar-refractivity contribution in [3.8, 4) is 6.07 Å². The molecule has 0 aromatic heterocycles. The van der Waals surface area contributed by atoms with E-state index in [2.05, 4.69) is 10.1 Å². The second-order valence-corrected chi connectivity index (χ2v) is 4.07. The van der Waals surface area contributed by atoms with E-state index in [1.165, 1.54) is 12.1 Å². The fraction of sp³-hybridized carbons (Fsp3) is 0.308. The summed E-state index contributed by atoms with van der Waals surface area (Å²) >= 11 is 0. The van der Waals surface area contributed by atoms with Crippen molar-refractivity contribution in [2.24, 2.45) is 0 Å². The van der Waals surface area contributed by atoms with Crippen LogP contribution in [0.5, 0.6) is 0 Å². The van der Waals surface area contributed by atoms with E-state index in [1.54, 1.807) is 12.1 Å². The quantitative estimate of drug-likeness (QED) is 0.871. The third-order valence-corrected chi connectivity index (χ3v) is 2.31. The lowest BCUT2D eigenvalue weighted by Gasteiger charge is -2.09. The summed E-state index contributed by atoms with van der Waals surface area (Å²) < 4.78 is 39.2. The summed E-state index contributed by atoms with van der Waals surface area (Å²) in [7, 11) is 0. The zero-order valence-electron chi connectivity index (χ0n) is 11.2. The molecule has 0 aliphatic heterocycles. The number of ether oxygens (including phenoxy) is 1. The van der Waals surface area contributed by atoms with Crippen molar-refractivity contribution in [2.75, 3.05) is 18.5 Å². The first kappa shape index (κ1) is 17.3. The lowest BCUT2D eigenvalue weighted by Crippen LogP contribution is -2.31. The van der Waals surface area contributed by atoms with Gasteiger partial charge in [0.25, 0.3) is 0 Å². The van der Waals surface area contributed by atoms with Gasteiger partial charge in [-0.1, -0.05) is 12.1 Å². The predicted molar refractivity (Wildman–Crippen MR) is 69.8 cm³/mol. The molecule has 1 rings (SSSR count). The summed E-state index contributed by atoms with van der Waals surface area (Å²) in [5.74, 6) is -0.501. The third kappa shape index (κ3) is 6.60. The topological polar surface area (TPSA) is 91.2 Å². The van der Waals surface area contributed by atoms with Crippen molar-refractivity contribution in [1.29, 1.82) is 5.26 Å². The van der Waals surface area contributed by atoms with Crippen LogP contribution in [0, 0.1) is 11.3 Å². The van der Waals surface area contributed by atoms with Crippen molar-refractivity contribution in [1.82, 2.24) is 5.32 Å². The molecule has 1 aromatic carbocycles. The minimum atomic E-state index is -4.60. The fourth-order valence-corrected chi connectivity index (χ4v) is 1.38. The van der Waals surface area contributed by atoms with Crippen LogP contribution < -0.4 is 10.6 Å². The SMILES string of the molecule is N#Cc1ccccc1NC(=O)CCNC(=O)OCC(F)(F)F. The van der Waals surface area contributed by atoms with Crippen LogP contribution in [-0.4, -0.2) is 31.3 Å². The van der Waals surface area contributed by atoms with Crippen LogP contribution in [-0.2, 0) is 9.53 Å². The molecule has 0 fully saturated rings. The summed E-state index contributed by atoms with van der Waals surface area (Å²) in [4.78, 5) is 22.5. The Hall–Kier alpha value is -2.76. The average Bonchev–Trinajstić information content (AvgIpc) is 2.45. The number of rotatable bonds is 5. The number of halogens is 3. The van der Waals surface area contributed by atoms with Crippen molar-refractivity contribution >= 4 is 17.7 Å². The predicted octanol–water partition coefficient (Wildman–Crippen LogP) is 2.18. The van der Waals surface area contributed by atoms with Gasteiger partial charge in [-0.15, -0.1) is 0 Å². The molecule has 0 bridgehead atoms. The molecule has 0 radical (unpaired) electrons. The van der Waals surface area contributed by atoms with Crippen LogP contribution in [0.2, 0.25) is 0 Å². The van der Waals surface area contributed by atoms with Crippen LogP contribution in [0.25, 0.3) is 0 Å². The van der Waals surface area contributed by atoms with Crippen molar-refractivity contribution in [3.05, 3.63) is 29.8 Å². The van der Waals surface area contributed by atoms with Gasteiger partial charge in [-0.3, -0.25) is 4.79 Å². The van der Waals surface area contributed by atoms with Gasteiger partial charge in [0.2, 0.25) is 5.91 Å². The van der Waals surface area contributed by atoms with Crippen LogP contribution in [0.3, 0.4) is 0 Å². The maximum atomic E-state index is 11.8. The summed E-state index contributed by atoms with van der Waals surface area (Å²) in [5, 5.41) is 13.3. The number of hydrogen-bond acceptors (Lipinski definition) is 4. The maximum Gasteiger partial charge on any atom is 0.422 e. The number of para-hydroxylation sites is 1. The van der Waals surface area contributed by atoms with Gasteiger partial charge in [-0.25, -0.2) is 4.79 Å². The number of carbonyl (C=O) groups excluding carboxylic acids is 2. The van der Waals surface area contributed by atoms with Crippen LogP contribution in [0.4, 0.5) is 23.7 Å². The molecule has 9 heteroatoms. The Morgan fingerprint density at radius 2 is 1.95 bits per heavy atom. The number of carbonyl (C=O) groups is 2. The summed E-state index contributed by atoms with van der Waals surface area (Å²) in [6, 6.07) is 8.20. The standard InChI is InChI=1S/C13H12F3N3O3/c14-13(15,16)8-22-12(21)18-6-5-11(20)19-10-4-2-1-3-9(10)7-17/h1-4H,5-6,8H2,(H,18,21)(H,19,20). The number of benzene rings is 1. The first-order valence-corrected chi connectivity index (χ1v) is 6.08. The number of nitrogens with one attached hydrogen (secondary N) is 2. The number of alkyl carbamates (subject to hydrolysis) is 1. The minimum absolute atomic E-state index is 0.180. The highest BCUT2D eigenvalue weighted by Crippen LogP contribution is 2.14. The lowest BCUT2D eigenvalue weighted by molar-refractivity contribution is -0.160. The van der Waals surface area contributed by atoms with Crippen LogP contribution >= 0.6 is 0 Å². The van der Waals surface area contributed by atoms with Gasteiger partial charge in [-0.05, 0) is 12.1 Å². The summed E-state index contributed by atoms with van der Waals surface area (Å²) in [5.41, 5.74) is 0.586. The van der Waals surface area contributed by atoms with Crippen LogP contribution in [0.1, 0.15) is 12.0 Å². The highest BCUT2D eigenvalue weighted by atomic mass is 19.4. The monoisotopic (exact) mass is 315 g/mol. The molecule has 0 heterocycles. The molecule has 2 N–H and O–H groups in total. The van der Waals surface area contributed by atoms with E-state index in [9.17, 15) is 22.8 Å².